The van der Waals surface area contributed by atoms with Crippen LogP contribution in [0.1, 0.15) is 44.9 Å². The van der Waals surface area contributed by atoms with Crippen molar-refractivity contribution in [1.29, 1.82) is 0 Å². The van der Waals surface area contributed by atoms with Crippen molar-refractivity contribution in [3.05, 3.63) is 0 Å². The van der Waals surface area contributed by atoms with Crippen LogP contribution in [-0.2, 0) is 14.3 Å². The van der Waals surface area contributed by atoms with Crippen molar-refractivity contribution in [2.24, 2.45) is 0 Å². The van der Waals surface area contributed by atoms with E-state index in [0.717, 1.165) is 38.8 Å². The molecule has 0 aromatic rings. The highest BCUT2D eigenvalue weighted by Gasteiger charge is 2.42. The van der Waals surface area contributed by atoms with Gasteiger partial charge in [0.1, 0.15) is 6.04 Å². The van der Waals surface area contributed by atoms with Crippen LogP contribution in [0.2, 0.25) is 0 Å². The number of hydrogen-bond donors (Lipinski definition) is 1. The van der Waals surface area contributed by atoms with Crippen LogP contribution in [0.15, 0.2) is 0 Å². The monoisotopic (exact) mass is 295 g/mol. The Morgan fingerprint density at radius 2 is 1.67 bits per heavy atom. The normalized spacial score (nSPS) is 29.9. The molecule has 2 saturated heterocycles. The van der Waals surface area contributed by atoms with Crippen molar-refractivity contribution in [2.45, 2.75) is 57.0 Å². The van der Waals surface area contributed by atoms with E-state index in [9.17, 15) is 9.59 Å². The number of hydrogen-bond acceptors (Lipinski definition) is 5. The van der Waals surface area contributed by atoms with Crippen LogP contribution >= 0.6 is 0 Å². The van der Waals surface area contributed by atoms with E-state index in [1.807, 2.05) is 5.01 Å². The molecule has 2 aliphatic heterocycles. The zero-order valence-electron chi connectivity index (χ0n) is 12.6. The summed E-state index contributed by atoms with van der Waals surface area (Å²) in [6, 6.07) is -0.247. The number of amides is 2. The Labute approximate surface area is 125 Å². The summed E-state index contributed by atoms with van der Waals surface area (Å²) < 4.78 is 5.30. The van der Waals surface area contributed by atoms with E-state index in [1.165, 1.54) is 12.8 Å². The fourth-order valence-corrected chi connectivity index (χ4v) is 3.56. The van der Waals surface area contributed by atoms with Gasteiger partial charge in [-0.25, -0.2) is 10.4 Å². The number of morpholine rings is 1. The summed E-state index contributed by atoms with van der Waals surface area (Å²) in [5.41, 5.74) is 3.22. The van der Waals surface area contributed by atoms with Crippen LogP contribution in [-0.4, -0.2) is 60.1 Å². The molecule has 2 heterocycles. The minimum Gasteiger partial charge on any atom is -0.379 e. The first-order valence-corrected chi connectivity index (χ1v) is 8.20. The first kappa shape index (κ1) is 14.9. The molecule has 0 radical (unpaired) electrons. The molecule has 1 N–H and O–H groups in total. The summed E-state index contributed by atoms with van der Waals surface area (Å²) in [6.45, 7) is 2.88. The second-order valence-electron chi connectivity index (χ2n) is 6.23. The van der Waals surface area contributed by atoms with E-state index in [0.29, 0.717) is 19.6 Å². The molecule has 6 heteroatoms. The zero-order valence-corrected chi connectivity index (χ0v) is 12.6. The van der Waals surface area contributed by atoms with Crippen molar-refractivity contribution in [3.63, 3.8) is 0 Å². The van der Waals surface area contributed by atoms with Crippen LogP contribution in [0, 0.1) is 0 Å². The molecule has 0 spiro atoms. The van der Waals surface area contributed by atoms with Gasteiger partial charge >= 0.3 is 0 Å². The van der Waals surface area contributed by atoms with E-state index in [-0.39, 0.29) is 23.9 Å². The van der Waals surface area contributed by atoms with Gasteiger partial charge in [-0.3, -0.25) is 14.5 Å². The van der Waals surface area contributed by atoms with Gasteiger partial charge in [0.05, 0.1) is 19.6 Å². The van der Waals surface area contributed by atoms with Crippen LogP contribution in [0.4, 0.5) is 0 Å². The van der Waals surface area contributed by atoms with Gasteiger partial charge in [0.25, 0.3) is 0 Å². The maximum Gasteiger partial charge on any atom is 0.248 e. The van der Waals surface area contributed by atoms with Crippen molar-refractivity contribution in [3.8, 4) is 0 Å². The van der Waals surface area contributed by atoms with Gasteiger partial charge in [0.2, 0.25) is 11.8 Å². The SMILES string of the molecule is O=C1CC(NN2CCOCC2)C(=O)N1C1CCCCCC1. The number of imide groups is 1. The largest absolute Gasteiger partial charge is 0.379 e. The molecule has 1 atom stereocenters. The summed E-state index contributed by atoms with van der Waals surface area (Å²) in [6.07, 6.45) is 6.95. The Hall–Kier alpha value is -0.980. The van der Waals surface area contributed by atoms with E-state index in [2.05, 4.69) is 5.43 Å². The zero-order chi connectivity index (χ0) is 14.7. The number of nitrogens with zero attached hydrogens (tertiary/aromatic N) is 2. The third kappa shape index (κ3) is 3.44. The molecule has 118 valence electrons. The quantitative estimate of drug-likeness (QED) is 0.612. The molecule has 1 aliphatic carbocycles. The maximum absolute atomic E-state index is 12.6. The standard InChI is InChI=1S/C15H25N3O3/c19-14-11-13(16-17-7-9-21-10-8-17)15(20)18(14)12-5-3-1-2-4-6-12/h12-13,16H,1-11H2. The van der Waals surface area contributed by atoms with Gasteiger partial charge in [0.15, 0.2) is 0 Å². The van der Waals surface area contributed by atoms with Gasteiger partial charge in [0, 0.05) is 19.1 Å². The number of rotatable bonds is 3. The predicted molar refractivity (Wildman–Crippen MR) is 77.3 cm³/mol. The van der Waals surface area contributed by atoms with Crippen molar-refractivity contribution in [2.75, 3.05) is 26.3 Å². The average molecular weight is 295 g/mol. The Morgan fingerprint density at radius 1 is 1.00 bits per heavy atom. The molecule has 1 unspecified atom stereocenters. The third-order valence-electron chi connectivity index (χ3n) is 4.72. The summed E-state index contributed by atoms with van der Waals surface area (Å²) in [4.78, 5) is 26.4. The number of hydrazine groups is 1. The van der Waals surface area contributed by atoms with Crippen molar-refractivity contribution in [1.82, 2.24) is 15.3 Å². The second kappa shape index (κ2) is 6.85. The Kier molecular flexibility index (Phi) is 4.87. The summed E-state index contributed by atoms with van der Waals surface area (Å²) in [5, 5.41) is 2.01. The topological polar surface area (TPSA) is 61.9 Å². The molecular weight excluding hydrogens is 270 g/mol. The number of carbonyl (C=O) groups is 2. The molecule has 0 bridgehead atoms. The maximum atomic E-state index is 12.6. The highest BCUT2D eigenvalue weighted by Crippen LogP contribution is 2.26. The van der Waals surface area contributed by atoms with Gasteiger partial charge < -0.3 is 4.74 Å². The number of nitrogens with one attached hydrogen (secondary N) is 1. The lowest BCUT2D eigenvalue weighted by Gasteiger charge is -2.30. The number of carbonyl (C=O) groups excluding carboxylic acids is 2. The van der Waals surface area contributed by atoms with Gasteiger partial charge in [-0.15, -0.1) is 0 Å². The highest BCUT2D eigenvalue weighted by molar-refractivity contribution is 6.05. The minimum absolute atomic E-state index is 0.00217. The van der Waals surface area contributed by atoms with Crippen molar-refractivity contribution < 1.29 is 14.3 Å². The lowest BCUT2D eigenvalue weighted by Crippen LogP contribution is -2.53. The summed E-state index contributed by atoms with van der Waals surface area (Å²) in [5.74, 6) is -0.0314. The molecule has 0 aromatic carbocycles. The van der Waals surface area contributed by atoms with Crippen LogP contribution in [0.3, 0.4) is 0 Å². The van der Waals surface area contributed by atoms with Gasteiger partial charge in [-0.2, -0.15) is 0 Å². The molecule has 3 aliphatic rings. The smallest absolute Gasteiger partial charge is 0.248 e. The Morgan fingerprint density at radius 3 is 2.33 bits per heavy atom. The van der Waals surface area contributed by atoms with E-state index in [4.69, 9.17) is 4.74 Å². The second-order valence-corrected chi connectivity index (χ2v) is 6.23. The fourth-order valence-electron chi connectivity index (χ4n) is 3.56. The molecule has 3 rings (SSSR count). The molecule has 21 heavy (non-hydrogen) atoms. The average Bonchev–Trinajstić information content (AvgIpc) is 2.70. The van der Waals surface area contributed by atoms with E-state index in [1.54, 1.807) is 4.90 Å². The Bertz CT molecular complexity index is 388. The molecular formula is C15H25N3O3. The van der Waals surface area contributed by atoms with Gasteiger partial charge in [-0.05, 0) is 12.8 Å². The van der Waals surface area contributed by atoms with Gasteiger partial charge in [-0.1, -0.05) is 25.7 Å². The van der Waals surface area contributed by atoms with E-state index >= 15 is 0 Å². The first-order valence-electron chi connectivity index (χ1n) is 8.20. The van der Waals surface area contributed by atoms with Crippen LogP contribution in [0.25, 0.3) is 0 Å². The van der Waals surface area contributed by atoms with Crippen LogP contribution < -0.4 is 5.43 Å². The Balaban J connectivity index is 1.61. The summed E-state index contributed by atoms with van der Waals surface area (Å²) >= 11 is 0. The lowest BCUT2D eigenvalue weighted by molar-refractivity contribution is -0.142. The fraction of sp³-hybridized carbons (Fsp3) is 0.867. The molecule has 3 fully saturated rings. The molecule has 2 amide bonds. The predicted octanol–water partition coefficient (Wildman–Crippen LogP) is 0.673. The van der Waals surface area contributed by atoms with Crippen molar-refractivity contribution >= 4 is 11.8 Å². The summed E-state index contributed by atoms with van der Waals surface area (Å²) in [7, 11) is 0. The first-order chi connectivity index (χ1) is 10.3. The molecule has 1 saturated carbocycles. The van der Waals surface area contributed by atoms with Crippen LogP contribution in [0.5, 0.6) is 0 Å². The lowest BCUT2D eigenvalue weighted by atomic mass is 10.1. The minimum atomic E-state index is -0.376. The number of ether oxygens (including phenoxy) is 1. The molecule has 6 nitrogen and oxygen atoms in total. The number of likely N-dealkylation sites (tertiary alicyclic amines) is 1. The van der Waals surface area contributed by atoms with E-state index < -0.39 is 0 Å². The highest BCUT2D eigenvalue weighted by atomic mass is 16.5. The third-order valence-corrected chi connectivity index (χ3v) is 4.72. The molecule has 0 aromatic heterocycles.